The molecule has 1 unspecified atom stereocenters. The average Bonchev–Trinajstić information content (AvgIpc) is 2.64. The second-order valence-electron chi connectivity index (χ2n) is 4.00. The van der Waals surface area contributed by atoms with Crippen molar-refractivity contribution in [2.45, 2.75) is 6.42 Å². The standard InChI is InChI=1S/C11H12BrCl2NO/c12-8-3-9(13)11(10(14)4-8)15-2-1-7(5-15)6-16/h3-4,7,16H,1-2,5-6H2. The molecule has 0 aliphatic carbocycles. The fourth-order valence-electron chi connectivity index (χ4n) is 2.02. The number of nitrogens with zero attached hydrogens (tertiary/aromatic N) is 1. The minimum absolute atomic E-state index is 0.224. The van der Waals surface area contributed by atoms with Gasteiger partial charge in [0.25, 0.3) is 0 Å². The lowest BCUT2D eigenvalue weighted by molar-refractivity contribution is 0.238. The van der Waals surface area contributed by atoms with Gasteiger partial charge in [0.05, 0.1) is 15.7 Å². The largest absolute Gasteiger partial charge is 0.396 e. The molecule has 0 spiro atoms. The van der Waals surface area contributed by atoms with Crippen LogP contribution < -0.4 is 4.90 Å². The Hall–Kier alpha value is 0.0400. The molecular weight excluding hydrogens is 313 g/mol. The fourth-order valence-corrected chi connectivity index (χ4v) is 3.47. The Balaban J connectivity index is 2.28. The summed E-state index contributed by atoms with van der Waals surface area (Å²) in [6.45, 7) is 1.94. The van der Waals surface area contributed by atoms with E-state index < -0.39 is 0 Å². The van der Waals surface area contributed by atoms with Crippen LogP contribution >= 0.6 is 39.1 Å². The van der Waals surface area contributed by atoms with Crippen LogP contribution in [0.1, 0.15) is 6.42 Å². The van der Waals surface area contributed by atoms with Gasteiger partial charge in [-0.3, -0.25) is 0 Å². The van der Waals surface area contributed by atoms with Gasteiger partial charge in [0.15, 0.2) is 0 Å². The molecule has 1 aromatic rings. The van der Waals surface area contributed by atoms with E-state index in [-0.39, 0.29) is 6.61 Å². The lowest BCUT2D eigenvalue weighted by Gasteiger charge is -2.21. The second kappa shape index (κ2) is 5.13. The van der Waals surface area contributed by atoms with Crippen molar-refractivity contribution in [2.75, 3.05) is 24.6 Å². The first kappa shape index (κ1) is 12.5. The zero-order valence-electron chi connectivity index (χ0n) is 8.59. The van der Waals surface area contributed by atoms with Crippen LogP contribution in [-0.2, 0) is 0 Å². The number of benzene rings is 1. The lowest BCUT2D eigenvalue weighted by Crippen LogP contribution is -2.21. The summed E-state index contributed by atoms with van der Waals surface area (Å²) in [4.78, 5) is 2.14. The minimum atomic E-state index is 0.224. The Kier molecular flexibility index (Phi) is 4.01. The number of hydrogen-bond acceptors (Lipinski definition) is 2. The van der Waals surface area contributed by atoms with Crippen molar-refractivity contribution in [2.24, 2.45) is 5.92 Å². The van der Waals surface area contributed by atoms with Gasteiger partial charge >= 0.3 is 0 Å². The molecule has 1 N–H and O–H groups in total. The van der Waals surface area contributed by atoms with Crippen LogP contribution in [0.25, 0.3) is 0 Å². The molecule has 1 aromatic carbocycles. The van der Waals surface area contributed by atoms with Gasteiger partial charge in [-0.15, -0.1) is 0 Å². The van der Waals surface area contributed by atoms with Crippen LogP contribution in [0.15, 0.2) is 16.6 Å². The van der Waals surface area contributed by atoms with Crippen molar-refractivity contribution in [1.82, 2.24) is 0 Å². The van der Waals surface area contributed by atoms with Gasteiger partial charge in [0.2, 0.25) is 0 Å². The number of anilines is 1. The first-order valence-corrected chi connectivity index (χ1v) is 6.67. The van der Waals surface area contributed by atoms with Crippen LogP contribution in [-0.4, -0.2) is 24.8 Å². The van der Waals surface area contributed by atoms with Crippen LogP contribution in [0.4, 0.5) is 5.69 Å². The first-order valence-electron chi connectivity index (χ1n) is 5.12. The van der Waals surface area contributed by atoms with E-state index in [4.69, 9.17) is 28.3 Å². The Morgan fingerprint density at radius 1 is 1.38 bits per heavy atom. The van der Waals surface area contributed by atoms with E-state index in [0.717, 1.165) is 29.7 Å². The molecule has 2 rings (SSSR count). The zero-order valence-corrected chi connectivity index (χ0v) is 11.7. The molecule has 0 radical (unpaired) electrons. The van der Waals surface area contributed by atoms with Crippen LogP contribution in [0, 0.1) is 5.92 Å². The molecule has 16 heavy (non-hydrogen) atoms. The summed E-state index contributed by atoms with van der Waals surface area (Å²) in [5.41, 5.74) is 0.877. The van der Waals surface area contributed by atoms with Crippen LogP contribution in [0.2, 0.25) is 10.0 Å². The summed E-state index contributed by atoms with van der Waals surface area (Å²) >= 11 is 15.7. The summed E-state index contributed by atoms with van der Waals surface area (Å²) in [5, 5.41) is 10.4. The smallest absolute Gasteiger partial charge is 0.0745 e. The van der Waals surface area contributed by atoms with Gasteiger partial charge in [0.1, 0.15) is 0 Å². The van der Waals surface area contributed by atoms with E-state index in [1.54, 1.807) is 0 Å². The number of aliphatic hydroxyl groups excluding tert-OH is 1. The minimum Gasteiger partial charge on any atom is -0.396 e. The van der Waals surface area contributed by atoms with E-state index in [0.29, 0.717) is 16.0 Å². The van der Waals surface area contributed by atoms with Gasteiger partial charge in [-0.2, -0.15) is 0 Å². The third-order valence-electron chi connectivity index (χ3n) is 2.84. The van der Waals surface area contributed by atoms with Crippen molar-refractivity contribution in [3.63, 3.8) is 0 Å². The lowest BCUT2D eigenvalue weighted by atomic mass is 10.1. The average molecular weight is 325 g/mol. The topological polar surface area (TPSA) is 23.5 Å². The first-order chi connectivity index (χ1) is 7.61. The van der Waals surface area contributed by atoms with E-state index >= 15 is 0 Å². The molecule has 0 bridgehead atoms. The molecular formula is C11H12BrCl2NO. The molecule has 1 fully saturated rings. The maximum Gasteiger partial charge on any atom is 0.0745 e. The zero-order chi connectivity index (χ0) is 11.7. The highest BCUT2D eigenvalue weighted by Gasteiger charge is 2.25. The van der Waals surface area contributed by atoms with E-state index in [2.05, 4.69) is 20.8 Å². The van der Waals surface area contributed by atoms with E-state index in [1.807, 2.05) is 12.1 Å². The molecule has 0 aromatic heterocycles. The van der Waals surface area contributed by atoms with Gasteiger partial charge in [-0.25, -0.2) is 0 Å². The number of rotatable bonds is 2. The maximum absolute atomic E-state index is 9.11. The Morgan fingerprint density at radius 2 is 2.00 bits per heavy atom. The second-order valence-corrected chi connectivity index (χ2v) is 5.73. The van der Waals surface area contributed by atoms with E-state index in [1.165, 1.54) is 0 Å². The van der Waals surface area contributed by atoms with E-state index in [9.17, 15) is 0 Å². The SMILES string of the molecule is OCC1CCN(c2c(Cl)cc(Br)cc2Cl)C1. The maximum atomic E-state index is 9.11. The highest BCUT2D eigenvalue weighted by molar-refractivity contribution is 9.10. The molecule has 1 saturated heterocycles. The van der Waals surface area contributed by atoms with Crippen molar-refractivity contribution in [1.29, 1.82) is 0 Å². The normalized spacial score (nSPS) is 20.5. The molecule has 88 valence electrons. The fraction of sp³-hybridized carbons (Fsp3) is 0.455. The van der Waals surface area contributed by atoms with Crippen LogP contribution in [0.3, 0.4) is 0 Å². The molecule has 1 heterocycles. The summed E-state index contributed by atoms with van der Waals surface area (Å²) in [6.07, 6.45) is 0.985. The Morgan fingerprint density at radius 3 is 2.50 bits per heavy atom. The van der Waals surface area contributed by atoms with Gasteiger partial charge in [0, 0.05) is 30.1 Å². The number of hydrogen-bond donors (Lipinski definition) is 1. The molecule has 1 atom stereocenters. The summed E-state index contributed by atoms with van der Waals surface area (Å²) in [5.74, 6) is 0.329. The summed E-state index contributed by atoms with van der Waals surface area (Å²) in [6, 6.07) is 3.68. The number of halogens is 3. The predicted octanol–water partition coefficient (Wildman–Crippen LogP) is 3.57. The molecule has 1 aliphatic heterocycles. The Bertz CT molecular complexity index is 377. The van der Waals surface area contributed by atoms with Gasteiger partial charge in [-0.1, -0.05) is 39.1 Å². The number of aliphatic hydroxyl groups is 1. The van der Waals surface area contributed by atoms with Gasteiger partial charge in [-0.05, 0) is 18.6 Å². The molecule has 0 saturated carbocycles. The third kappa shape index (κ3) is 2.48. The monoisotopic (exact) mass is 323 g/mol. The molecule has 1 aliphatic rings. The van der Waals surface area contributed by atoms with Gasteiger partial charge < -0.3 is 10.0 Å². The molecule has 0 amide bonds. The molecule has 2 nitrogen and oxygen atoms in total. The van der Waals surface area contributed by atoms with Crippen LogP contribution in [0.5, 0.6) is 0 Å². The van der Waals surface area contributed by atoms with Crippen molar-refractivity contribution in [3.05, 3.63) is 26.7 Å². The predicted molar refractivity (Wildman–Crippen MR) is 71.6 cm³/mol. The van der Waals surface area contributed by atoms with Crippen molar-refractivity contribution >= 4 is 44.8 Å². The van der Waals surface area contributed by atoms with Crippen molar-refractivity contribution in [3.8, 4) is 0 Å². The highest BCUT2D eigenvalue weighted by atomic mass is 79.9. The summed E-state index contributed by atoms with van der Waals surface area (Å²) in [7, 11) is 0. The highest BCUT2D eigenvalue weighted by Crippen LogP contribution is 2.38. The third-order valence-corrected chi connectivity index (χ3v) is 3.88. The summed E-state index contributed by atoms with van der Waals surface area (Å²) < 4.78 is 0.879. The van der Waals surface area contributed by atoms with Crippen molar-refractivity contribution < 1.29 is 5.11 Å². The molecule has 5 heteroatoms. The Labute approximate surface area is 113 Å². The quantitative estimate of drug-likeness (QED) is 0.899.